The molecule has 0 unspecified atom stereocenters. The van der Waals surface area contributed by atoms with E-state index in [-0.39, 0.29) is 23.3 Å². The third-order valence-electron chi connectivity index (χ3n) is 5.22. The first-order valence-electron chi connectivity index (χ1n) is 9.43. The summed E-state index contributed by atoms with van der Waals surface area (Å²) >= 11 is 0. The number of hydrogen-bond donors (Lipinski definition) is 1. The first kappa shape index (κ1) is 19.8. The lowest BCUT2D eigenvalue weighted by Gasteiger charge is -2.34. The van der Waals surface area contributed by atoms with Crippen molar-refractivity contribution in [1.29, 1.82) is 0 Å². The van der Waals surface area contributed by atoms with Crippen LogP contribution >= 0.6 is 0 Å². The Morgan fingerprint density at radius 2 is 1.67 bits per heavy atom. The molecule has 2 amide bonds. The van der Waals surface area contributed by atoms with E-state index in [1.54, 1.807) is 17.0 Å². The molecule has 148 valence electrons. The minimum absolute atomic E-state index is 0.0603. The van der Waals surface area contributed by atoms with Crippen molar-refractivity contribution in [2.24, 2.45) is 0 Å². The SMILES string of the molecule is CC(C)c1ccc(S(=O)(=O)C(=O)NCC(=O)N2CCN(C3CC3)CC2)cc1. The lowest BCUT2D eigenvalue weighted by Crippen LogP contribution is -2.51. The first-order chi connectivity index (χ1) is 12.8. The molecule has 1 saturated carbocycles. The monoisotopic (exact) mass is 393 g/mol. The normalized spacial score (nSPS) is 18.6. The van der Waals surface area contributed by atoms with Crippen LogP contribution in [-0.2, 0) is 14.6 Å². The summed E-state index contributed by atoms with van der Waals surface area (Å²) in [4.78, 5) is 28.4. The van der Waals surface area contributed by atoms with Gasteiger partial charge in [-0.15, -0.1) is 0 Å². The number of nitrogens with zero attached hydrogens (tertiary/aromatic N) is 2. The fourth-order valence-corrected chi connectivity index (χ4v) is 4.24. The van der Waals surface area contributed by atoms with Gasteiger partial charge in [-0.1, -0.05) is 26.0 Å². The highest BCUT2D eigenvalue weighted by atomic mass is 32.2. The molecule has 0 radical (unpaired) electrons. The highest BCUT2D eigenvalue weighted by Gasteiger charge is 2.32. The van der Waals surface area contributed by atoms with Gasteiger partial charge in [0, 0.05) is 32.2 Å². The van der Waals surface area contributed by atoms with Gasteiger partial charge in [0.25, 0.3) is 9.84 Å². The molecular weight excluding hydrogens is 366 g/mol. The van der Waals surface area contributed by atoms with Crippen molar-refractivity contribution >= 4 is 21.0 Å². The fraction of sp³-hybridized carbons (Fsp3) is 0.579. The van der Waals surface area contributed by atoms with Crippen molar-refractivity contribution < 1.29 is 18.0 Å². The van der Waals surface area contributed by atoms with E-state index in [9.17, 15) is 18.0 Å². The smallest absolute Gasteiger partial charge is 0.339 e. The van der Waals surface area contributed by atoms with Crippen molar-refractivity contribution in [2.75, 3.05) is 32.7 Å². The molecular formula is C19H27N3O4S. The minimum atomic E-state index is -4.15. The predicted octanol–water partition coefficient (Wildman–Crippen LogP) is 1.60. The molecule has 1 aromatic carbocycles. The quantitative estimate of drug-likeness (QED) is 0.821. The summed E-state index contributed by atoms with van der Waals surface area (Å²) < 4.78 is 24.8. The Hall–Kier alpha value is -1.93. The molecule has 1 heterocycles. The molecule has 0 aromatic heterocycles. The summed E-state index contributed by atoms with van der Waals surface area (Å²) in [6, 6.07) is 6.95. The van der Waals surface area contributed by atoms with Crippen LogP contribution in [0.1, 0.15) is 38.2 Å². The molecule has 2 aliphatic rings. The zero-order valence-electron chi connectivity index (χ0n) is 15.8. The van der Waals surface area contributed by atoms with E-state index in [2.05, 4.69) is 10.2 Å². The Morgan fingerprint density at radius 1 is 1.07 bits per heavy atom. The fourth-order valence-electron chi connectivity index (χ4n) is 3.27. The van der Waals surface area contributed by atoms with Gasteiger partial charge in [-0.2, -0.15) is 0 Å². The molecule has 3 rings (SSSR count). The molecule has 27 heavy (non-hydrogen) atoms. The maximum atomic E-state index is 12.4. The van der Waals surface area contributed by atoms with Gasteiger partial charge in [0.05, 0.1) is 11.4 Å². The molecule has 1 aliphatic carbocycles. The summed E-state index contributed by atoms with van der Waals surface area (Å²) in [6.07, 6.45) is 2.47. The average molecular weight is 394 g/mol. The van der Waals surface area contributed by atoms with Crippen molar-refractivity contribution in [3.63, 3.8) is 0 Å². The molecule has 0 bridgehead atoms. The largest absolute Gasteiger partial charge is 0.341 e. The van der Waals surface area contributed by atoms with Crippen molar-refractivity contribution in [1.82, 2.24) is 15.1 Å². The molecule has 1 aliphatic heterocycles. The zero-order chi connectivity index (χ0) is 19.6. The van der Waals surface area contributed by atoms with E-state index in [1.807, 2.05) is 13.8 Å². The van der Waals surface area contributed by atoms with Gasteiger partial charge >= 0.3 is 5.24 Å². The molecule has 2 fully saturated rings. The highest BCUT2D eigenvalue weighted by Crippen LogP contribution is 2.27. The highest BCUT2D eigenvalue weighted by molar-refractivity contribution is 8.06. The van der Waals surface area contributed by atoms with Gasteiger partial charge in [0.1, 0.15) is 0 Å². The Labute approximate surface area is 160 Å². The van der Waals surface area contributed by atoms with Crippen molar-refractivity contribution in [2.45, 2.75) is 43.5 Å². The number of rotatable bonds is 5. The second kappa shape index (κ2) is 7.98. The number of benzene rings is 1. The standard InChI is InChI=1S/C19H27N3O4S/c1-14(2)15-3-7-17(8-4-15)27(25,26)19(24)20-13-18(23)22-11-9-21(10-12-22)16-5-6-16/h3-4,7-8,14,16H,5-6,9-13H2,1-2H3,(H,20,24). The molecule has 1 aromatic rings. The molecule has 7 nitrogen and oxygen atoms in total. The molecule has 1 N–H and O–H groups in total. The third kappa shape index (κ3) is 4.68. The lowest BCUT2D eigenvalue weighted by molar-refractivity contribution is -0.131. The third-order valence-corrected chi connectivity index (χ3v) is 6.74. The Bertz CT molecular complexity index is 793. The minimum Gasteiger partial charge on any atom is -0.339 e. The van der Waals surface area contributed by atoms with Crippen LogP contribution in [0.15, 0.2) is 29.2 Å². The first-order valence-corrected chi connectivity index (χ1v) is 10.9. The molecule has 1 saturated heterocycles. The molecule has 0 atom stereocenters. The van der Waals surface area contributed by atoms with Crippen molar-refractivity contribution in [3.05, 3.63) is 29.8 Å². The number of amides is 2. The number of sulfone groups is 1. The summed E-state index contributed by atoms with van der Waals surface area (Å²) in [6.45, 7) is 6.63. The van der Waals surface area contributed by atoms with Crippen LogP contribution in [0.4, 0.5) is 4.79 Å². The lowest BCUT2D eigenvalue weighted by atomic mass is 10.0. The maximum Gasteiger partial charge on any atom is 0.341 e. The molecule has 8 heteroatoms. The van der Waals surface area contributed by atoms with Crippen LogP contribution < -0.4 is 5.32 Å². The van der Waals surface area contributed by atoms with E-state index in [0.29, 0.717) is 19.1 Å². The van der Waals surface area contributed by atoms with Gasteiger partial charge in [0.15, 0.2) is 0 Å². The van der Waals surface area contributed by atoms with E-state index in [4.69, 9.17) is 0 Å². The second-order valence-electron chi connectivity index (χ2n) is 7.52. The van der Waals surface area contributed by atoms with Gasteiger partial charge in [-0.25, -0.2) is 8.42 Å². The summed E-state index contributed by atoms with van der Waals surface area (Å²) in [5.74, 6) is 0.0257. The van der Waals surface area contributed by atoms with E-state index >= 15 is 0 Å². The van der Waals surface area contributed by atoms with E-state index < -0.39 is 15.1 Å². The van der Waals surface area contributed by atoms with Crippen LogP contribution in [0, 0.1) is 0 Å². The summed E-state index contributed by atoms with van der Waals surface area (Å²) in [7, 11) is -4.15. The maximum absolute atomic E-state index is 12.4. The van der Waals surface area contributed by atoms with Gasteiger partial charge in [-0.05, 0) is 36.5 Å². The topological polar surface area (TPSA) is 86.8 Å². The number of nitrogens with one attached hydrogen (secondary N) is 1. The van der Waals surface area contributed by atoms with Crippen LogP contribution in [-0.4, -0.2) is 68.1 Å². The number of piperazine rings is 1. The van der Waals surface area contributed by atoms with Crippen LogP contribution in [0.2, 0.25) is 0 Å². The summed E-state index contributed by atoms with van der Waals surface area (Å²) in [5, 5.41) is 1.14. The Balaban J connectivity index is 1.52. The zero-order valence-corrected chi connectivity index (χ0v) is 16.7. The van der Waals surface area contributed by atoms with Gasteiger partial charge < -0.3 is 10.2 Å². The Morgan fingerprint density at radius 3 is 2.19 bits per heavy atom. The van der Waals surface area contributed by atoms with Crippen LogP contribution in [0.25, 0.3) is 0 Å². The summed E-state index contributed by atoms with van der Waals surface area (Å²) in [5.41, 5.74) is 0.995. The Kier molecular flexibility index (Phi) is 5.86. The molecule has 0 spiro atoms. The van der Waals surface area contributed by atoms with Gasteiger partial charge in [-0.3, -0.25) is 14.5 Å². The average Bonchev–Trinajstić information content (AvgIpc) is 3.51. The second-order valence-corrected chi connectivity index (χ2v) is 9.37. The number of carbonyl (C=O) groups is 2. The number of carbonyl (C=O) groups excluding carboxylic acids is 2. The van der Waals surface area contributed by atoms with Gasteiger partial charge in [0.2, 0.25) is 5.91 Å². The number of hydrogen-bond acceptors (Lipinski definition) is 5. The van der Waals surface area contributed by atoms with E-state index in [1.165, 1.54) is 25.0 Å². The van der Waals surface area contributed by atoms with E-state index in [0.717, 1.165) is 18.7 Å². The van der Waals surface area contributed by atoms with Crippen LogP contribution in [0.3, 0.4) is 0 Å². The van der Waals surface area contributed by atoms with Crippen molar-refractivity contribution in [3.8, 4) is 0 Å². The van der Waals surface area contributed by atoms with Crippen LogP contribution in [0.5, 0.6) is 0 Å². The predicted molar refractivity (Wildman–Crippen MR) is 102 cm³/mol.